The van der Waals surface area contributed by atoms with Crippen molar-refractivity contribution in [2.75, 3.05) is 12.3 Å². The van der Waals surface area contributed by atoms with Crippen molar-refractivity contribution in [3.05, 3.63) is 0 Å². The number of carbonyl (C=O) groups is 1. The molecule has 0 saturated heterocycles. The van der Waals surface area contributed by atoms with Gasteiger partial charge in [0.25, 0.3) is 0 Å². The topological polar surface area (TPSA) is 152 Å². The Kier molecular flexibility index (Phi) is 5.13. The van der Waals surface area contributed by atoms with Gasteiger partial charge < -0.3 is 24.7 Å². The van der Waals surface area contributed by atoms with Gasteiger partial charge in [-0.25, -0.2) is 0 Å². The van der Waals surface area contributed by atoms with Gasteiger partial charge in [0, 0.05) is 0 Å². The van der Waals surface area contributed by atoms with Crippen LogP contribution in [0, 0.1) is 5.92 Å². The van der Waals surface area contributed by atoms with Gasteiger partial charge in [-0.3, -0.25) is 13.9 Å². The molecule has 8 nitrogen and oxygen atoms in total. The summed E-state index contributed by atoms with van der Waals surface area (Å²) in [7, 11) is -8.83. The van der Waals surface area contributed by atoms with Gasteiger partial charge in [-0.1, -0.05) is 0 Å². The minimum atomic E-state index is -4.49. The van der Waals surface area contributed by atoms with E-state index in [4.69, 9.17) is 24.7 Å². The molecule has 0 aromatic heterocycles. The van der Waals surface area contributed by atoms with E-state index < -0.39 is 45.8 Å². The van der Waals surface area contributed by atoms with Crippen molar-refractivity contribution in [1.82, 2.24) is 0 Å². The molecule has 1 atom stereocenters. The lowest BCUT2D eigenvalue weighted by molar-refractivity contribution is -0.141. The van der Waals surface area contributed by atoms with Gasteiger partial charge in [0.2, 0.25) is 0 Å². The molecule has 0 heterocycles. The van der Waals surface area contributed by atoms with Crippen LogP contribution in [0.4, 0.5) is 0 Å². The van der Waals surface area contributed by atoms with Crippen LogP contribution < -0.4 is 0 Å². The SMILES string of the molecule is O=C(O)C(CCP(=O)(O)O)CP(=O)(O)O. The number of carboxylic acids is 1. The van der Waals surface area contributed by atoms with Crippen LogP contribution in [0.25, 0.3) is 0 Å². The zero-order valence-electron chi connectivity index (χ0n) is 7.55. The first kappa shape index (κ1) is 14.8. The fourth-order valence-corrected chi connectivity index (χ4v) is 2.46. The Bertz CT molecular complexity index is 313. The summed E-state index contributed by atoms with van der Waals surface area (Å²) in [5.74, 6) is -2.93. The zero-order chi connectivity index (χ0) is 12.3. The minimum absolute atomic E-state index is 0.468. The maximum atomic E-state index is 10.5. The summed E-state index contributed by atoms with van der Waals surface area (Å²) < 4.78 is 20.9. The summed E-state index contributed by atoms with van der Waals surface area (Å²) in [6, 6.07) is 0. The minimum Gasteiger partial charge on any atom is -0.481 e. The van der Waals surface area contributed by atoms with E-state index in [1.54, 1.807) is 0 Å². The predicted molar refractivity (Wildman–Crippen MR) is 49.6 cm³/mol. The molecule has 0 spiro atoms. The third-order valence-electron chi connectivity index (χ3n) is 1.58. The smallest absolute Gasteiger partial charge is 0.326 e. The maximum absolute atomic E-state index is 10.5. The van der Waals surface area contributed by atoms with E-state index in [1.165, 1.54) is 0 Å². The van der Waals surface area contributed by atoms with Crippen molar-refractivity contribution in [3.63, 3.8) is 0 Å². The van der Waals surface area contributed by atoms with Gasteiger partial charge in [0.05, 0.1) is 18.2 Å². The van der Waals surface area contributed by atoms with E-state index >= 15 is 0 Å². The van der Waals surface area contributed by atoms with Crippen LogP contribution in [-0.4, -0.2) is 43.0 Å². The molecular formula is C5H12O8P2. The molecule has 0 bridgehead atoms. The average molecular weight is 262 g/mol. The summed E-state index contributed by atoms with van der Waals surface area (Å²) in [5.41, 5.74) is 0. The fraction of sp³-hybridized carbons (Fsp3) is 0.800. The molecule has 0 radical (unpaired) electrons. The highest BCUT2D eigenvalue weighted by Crippen LogP contribution is 2.41. The quantitative estimate of drug-likeness (QED) is 0.399. The van der Waals surface area contributed by atoms with Gasteiger partial charge in [-0.15, -0.1) is 0 Å². The van der Waals surface area contributed by atoms with Crippen molar-refractivity contribution in [1.29, 1.82) is 0 Å². The van der Waals surface area contributed by atoms with Crippen molar-refractivity contribution >= 4 is 21.2 Å². The lowest BCUT2D eigenvalue weighted by Crippen LogP contribution is -2.19. The Morgan fingerprint density at radius 3 is 1.80 bits per heavy atom. The second kappa shape index (κ2) is 5.21. The number of hydrogen-bond donors (Lipinski definition) is 5. The Hall–Kier alpha value is -0.230. The summed E-state index contributed by atoms with van der Waals surface area (Å²) in [6.45, 7) is 0. The summed E-state index contributed by atoms with van der Waals surface area (Å²) in [4.78, 5) is 44.5. The lowest BCUT2D eigenvalue weighted by Gasteiger charge is -2.13. The van der Waals surface area contributed by atoms with E-state index in [2.05, 4.69) is 0 Å². The molecule has 0 saturated carbocycles. The molecule has 10 heteroatoms. The lowest BCUT2D eigenvalue weighted by atomic mass is 10.1. The number of carboxylic acid groups (broad SMARTS) is 1. The van der Waals surface area contributed by atoms with Gasteiger partial charge in [0.1, 0.15) is 0 Å². The van der Waals surface area contributed by atoms with Gasteiger partial charge in [0.15, 0.2) is 0 Å². The first-order chi connectivity index (χ1) is 6.51. The van der Waals surface area contributed by atoms with Crippen LogP contribution in [0.2, 0.25) is 0 Å². The van der Waals surface area contributed by atoms with Crippen LogP contribution in [0.1, 0.15) is 6.42 Å². The van der Waals surface area contributed by atoms with Crippen molar-refractivity contribution in [2.45, 2.75) is 6.42 Å². The first-order valence-electron chi connectivity index (χ1n) is 3.83. The summed E-state index contributed by atoms with van der Waals surface area (Å²) in [6.07, 6.45) is -2.09. The van der Waals surface area contributed by atoms with Crippen LogP contribution in [0.3, 0.4) is 0 Å². The molecular weight excluding hydrogens is 250 g/mol. The molecule has 0 aliphatic rings. The second-order valence-electron chi connectivity index (χ2n) is 3.06. The molecule has 5 N–H and O–H groups in total. The third kappa shape index (κ3) is 8.74. The van der Waals surface area contributed by atoms with Crippen molar-refractivity contribution < 1.29 is 38.6 Å². The first-order valence-corrected chi connectivity index (χ1v) is 7.43. The Morgan fingerprint density at radius 1 is 1.07 bits per heavy atom. The summed E-state index contributed by atoms with van der Waals surface area (Å²) in [5, 5.41) is 8.54. The normalized spacial score (nSPS) is 14.9. The average Bonchev–Trinajstić information content (AvgIpc) is 1.93. The molecule has 0 aliphatic carbocycles. The highest BCUT2D eigenvalue weighted by atomic mass is 31.2. The van der Waals surface area contributed by atoms with E-state index in [1.807, 2.05) is 0 Å². The molecule has 0 aliphatic heterocycles. The van der Waals surface area contributed by atoms with E-state index in [0.29, 0.717) is 0 Å². The van der Waals surface area contributed by atoms with Gasteiger partial charge >= 0.3 is 21.2 Å². The number of rotatable bonds is 6. The monoisotopic (exact) mass is 262 g/mol. The van der Waals surface area contributed by atoms with Crippen molar-refractivity contribution in [2.24, 2.45) is 5.92 Å². The van der Waals surface area contributed by atoms with E-state index in [9.17, 15) is 13.9 Å². The largest absolute Gasteiger partial charge is 0.481 e. The van der Waals surface area contributed by atoms with Crippen LogP contribution in [0.15, 0.2) is 0 Å². The van der Waals surface area contributed by atoms with E-state index in [-0.39, 0.29) is 0 Å². The third-order valence-corrected chi connectivity index (χ3v) is 3.33. The molecule has 0 rings (SSSR count). The molecule has 0 aromatic carbocycles. The summed E-state index contributed by atoms with van der Waals surface area (Å²) >= 11 is 0. The second-order valence-corrected chi connectivity index (χ2v) is 6.53. The van der Waals surface area contributed by atoms with Crippen LogP contribution in [-0.2, 0) is 13.9 Å². The van der Waals surface area contributed by atoms with Crippen LogP contribution in [0.5, 0.6) is 0 Å². The Balaban J connectivity index is 4.38. The number of aliphatic carboxylic acids is 1. The molecule has 0 aromatic rings. The molecule has 0 amide bonds. The highest BCUT2D eigenvalue weighted by Gasteiger charge is 2.29. The standard InChI is InChI=1S/C5H12O8P2/c6-5(7)4(3-15(11,12)13)1-2-14(8,9)10/h4H,1-3H2,(H,6,7)(H2,8,9,10)(H2,11,12,13). The van der Waals surface area contributed by atoms with Crippen molar-refractivity contribution in [3.8, 4) is 0 Å². The maximum Gasteiger partial charge on any atom is 0.326 e. The van der Waals surface area contributed by atoms with Gasteiger partial charge in [-0.2, -0.15) is 0 Å². The molecule has 90 valence electrons. The Morgan fingerprint density at radius 2 is 1.53 bits per heavy atom. The van der Waals surface area contributed by atoms with E-state index in [0.717, 1.165) is 0 Å². The number of hydrogen-bond acceptors (Lipinski definition) is 3. The zero-order valence-corrected chi connectivity index (χ0v) is 9.34. The fourth-order valence-electron chi connectivity index (χ4n) is 0.904. The predicted octanol–water partition coefficient (Wildman–Crippen LogP) is -0.567. The highest BCUT2D eigenvalue weighted by molar-refractivity contribution is 7.52. The molecule has 0 fully saturated rings. The van der Waals surface area contributed by atoms with Gasteiger partial charge in [-0.05, 0) is 6.42 Å². The Labute approximate surface area is 85.3 Å². The van der Waals surface area contributed by atoms with Crippen LogP contribution >= 0.6 is 15.2 Å². The molecule has 15 heavy (non-hydrogen) atoms. The molecule has 1 unspecified atom stereocenters.